The van der Waals surface area contributed by atoms with Crippen molar-refractivity contribution in [1.82, 2.24) is 10.2 Å². The van der Waals surface area contributed by atoms with E-state index in [2.05, 4.69) is 5.32 Å². The molecule has 0 saturated heterocycles. The Balaban J connectivity index is 2.15. The van der Waals surface area contributed by atoms with Crippen LogP contribution in [0.2, 0.25) is 15.1 Å². The Hall–Kier alpha value is -1.95. The molecule has 0 fully saturated rings. The summed E-state index contributed by atoms with van der Waals surface area (Å²) in [5.41, 5.74) is 0.755. The van der Waals surface area contributed by atoms with Gasteiger partial charge in [-0.2, -0.15) is 0 Å². The summed E-state index contributed by atoms with van der Waals surface area (Å²) in [5, 5.41) is 4.11. The van der Waals surface area contributed by atoms with E-state index >= 15 is 0 Å². The number of likely N-dealkylation sites (N-methyl/N-ethyl adjacent to an activating group) is 1. The van der Waals surface area contributed by atoms with Gasteiger partial charge in [-0.25, -0.2) is 0 Å². The molecule has 150 valence electrons. The number of hydrogen-bond acceptors (Lipinski definition) is 3. The van der Waals surface area contributed by atoms with Crippen LogP contribution in [0.25, 0.3) is 0 Å². The highest BCUT2D eigenvalue weighted by molar-refractivity contribution is 6.42. The molecule has 0 aliphatic rings. The Morgan fingerprint density at radius 3 is 2.36 bits per heavy atom. The Bertz CT molecular complexity index is 828. The van der Waals surface area contributed by atoms with Crippen LogP contribution >= 0.6 is 34.8 Å². The second kappa shape index (κ2) is 10.6. The third-order valence-electron chi connectivity index (χ3n) is 4.03. The smallest absolute Gasteiger partial charge is 0.261 e. The molecule has 8 heteroatoms. The molecule has 0 aromatic heterocycles. The van der Waals surface area contributed by atoms with Crippen molar-refractivity contribution >= 4 is 46.6 Å². The molecule has 0 unspecified atom stereocenters. The molecule has 2 rings (SSSR count). The summed E-state index contributed by atoms with van der Waals surface area (Å²) in [6, 6.07) is 11.1. The zero-order valence-electron chi connectivity index (χ0n) is 15.5. The molecule has 0 aliphatic carbocycles. The highest BCUT2D eigenvalue weighted by atomic mass is 35.5. The number of halogens is 3. The molecule has 0 radical (unpaired) electrons. The van der Waals surface area contributed by atoms with Crippen molar-refractivity contribution in [3.8, 4) is 5.75 Å². The Morgan fingerprint density at radius 1 is 1.07 bits per heavy atom. The number of ether oxygens (including phenoxy) is 1. The molecule has 1 N–H and O–H groups in total. The molecule has 0 spiro atoms. The fourth-order valence-electron chi connectivity index (χ4n) is 2.50. The van der Waals surface area contributed by atoms with Gasteiger partial charge in [-0.1, -0.05) is 40.9 Å². The van der Waals surface area contributed by atoms with Gasteiger partial charge in [-0.05, 0) is 55.8 Å². The third kappa shape index (κ3) is 6.30. The number of hydrogen-bond donors (Lipinski definition) is 1. The largest absolute Gasteiger partial charge is 0.484 e. The minimum absolute atomic E-state index is 0.192. The summed E-state index contributed by atoms with van der Waals surface area (Å²) in [7, 11) is 0. The van der Waals surface area contributed by atoms with Crippen molar-refractivity contribution in [2.24, 2.45) is 0 Å². The van der Waals surface area contributed by atoms with Crippen LogP contribution in [0.4, 0.5) is 0 Å². The fourth-order valence-corrected chi connectivity index (χ4v) is 2.94. The molecule has 5 nitrogen and oxygen atoms in total. The maximum atomic E-state index is 12.8. The summed E-state index contributed by atoms with van der Waals surface area (Å²) >= 11 is 17.9. The zero-order chi connectivity index (χ0) is 20.7. The second-order valence-corrected chi connectivity index (χ2v) is 7.33. The molecule has 2 aromatic carbocycles. The predicted octanol–water partition coefficient (Wildman–Crippen LogP) is 4.58. The highest BCUT2D eigenvalue weighted by Gasteiger charge is 2.26. The van der Waals surface area contributed by atoms with E-state index in [0.717, 1.165) is 5.56 Å². The molecular weight excluding hydrogens is 423 g/mol. The van der Waals surface area contributed by atoms with Gasteiger partial charge in [0.15, 0.2) is 6.61 Å². The number of nitrogens with zero attached hydrogens (tertiary/aromatic N) is 1. The monoisotopic (exact) mass is 442 g/mol. The maximum absolute atomic E-state index is 12.8. The Labute approximate surface area is 179 Å². The molecular formula is C20H21Cl3N2O3. The van der Waals surface area contributed by atoms with E-state index in [1.54, 1.807) is 49.4 Å². The van der Waals surface area contributed by atoms with Gasteiger partial charge in [0.1, 0.15) is 11.8 Å². The lowest BCUT2D eigenvalue weighted by molar-refractivity contribution is -0.142. The molecule has 2 amide bonds. The fraction of sp³-hybridized carbons (Fsp3) is 0.300. The van der Waals surface area contributed by atoms with E-state index in [1.807, 2.05) is 6.92 Å². The van der Waals surface area contributed by atoms with E-state index in [4.69, 9.17) is 39.5 Å². The van der Waals surface area contributed by atoms with Crippen LogP contribution in [0.3, 0.4) is 0 Å². The summed E-state index contributed by atoms with van der Waals surface area (Å²) in [6.07, 6.45) is 0. The first-order valence-corrected chi connectivity index (χ1v) is 9.84. The average molecular weight is 444 g/mol. The lowest BCUT2D eigenvalue weighted by Gasteiger charge is -2.28. The lowest BCUT2D eigenvalue weighted by Crippen LogP contribution is -2.49. The molecule has 2 aromatic rings. The third-order valence-corrected chi connectivity index (χ3v) is 5.02. The van der Waals surface area contributed by atoms with Crippen LogP contribution in [-0.4, -0.2) is 35.9 Å². The Morgan fingerprint density at radius 2 is 1.75 bits per heavy atom. The van der Waals surface area contributed by atoms with Crippen molar-refractivity contribution in [2.45, 2.75) is 26.4 Å². The van der Waals surface area contributed by atoms with E-state index in [-0.39, 0.29) is 25.0 Å². The maximum Gasteiger partial charge on any atom is 0.261 e. The number of nitrogens with one attached hydrogen (secondary N) is 1. The van der Waals surface area contributed by atoms with Crippen LogP contribution in [0.5, 0.6) is 5.75 Å². The van der Waals surface area contributed by atoms with Gasteiger partial charge in [0, 0.05) is 18.1 Å². The topological polar surface area (TPSA) is 58.6 Å². The molecule has 28 heavy (non-hydrogen) atoms. The number of rotatable bonds is 8. The first kappa shape index (κ1) is 22.3. The van der Waals surface area contributed by atoms with Crippen molar-refractivity contribution in [3.05, 3.63) is 63.1 Å². The first-order valence-electron chi connectivity index (χ1n) is 8.71. The quantitative estimate of drug-likeness (QED) is 0.650. The van der Waals surface area contributed by atoms with Gasteiger partial charge in [0.25, 0.3) is 5.91 Å². The minimum atomic E-state index is -0.685. The van der Waals surface area contributed by atoms with Crippen molar-refractivity contribution in [3.63, 3.8) is 0 Å². The SMILES string of the molecule is CCNC(=O)[C@@H](C)N(Cc1ccc(Cl)c(Cl)c1)C(=O)COc1ccc(Cl)cc1. The van der Waals surface area contributed by atoms with Crippen LogP contribution in [0.1, 0.15) is 19.4 Å². The minimum Gasteiger partial charge on any atom is -0.484 e. The van der Waals surface area contributed by atoms with Crippen LogP contribution in [-0.2, 0) is 16.1 Å². The van der Waals surface area contributed by atoms with E-state index in [9.17, 15) is 9.59 Å². The van der Waals surface area contributed by atoms with Gasteiger partial charge in [-0.15, -0.1) is 0 Å². The van der Waals surface area contributed by atoms with Crippen LogP contribution in [0, 0.1) is 0 Å². The normalized spacial score (nSPS) is 11.6. The van der Waals surface area contributed by atoms with Gasteiger partial charge < -0.3 is 15.0 Å². The first-order chi connectivity index (χ1) is 13.3. The van der Waals surface area contributed by atoms with Crippen molar-refractivity contribution < 1.29 is 14.3 Å². The molecule has 0 heterocycles. The van der Waals surface area contributed by atoms with E-state index in [0.29, 0.717) is 27.4 Å². The highest BCUT2D eigenvalue weighted by Crippen LogP contribution is 2.24. The number of carbonyl (C=O) groups excluding carboxylic acids is 2. The second-order valence-electron chi connectivity index (χ2n) is 6.08. The van der Waals surface area contributed by atoms with Crippen LogP contribution < -0.4 is 10.1 Å². The van der Waals surface area contributed by atoms with Crippen molar-refractivity contribution in [1.29, 1.82) is 0 Å². The summed E-state index contributed by atoms with van der Waals surface area (Å²) < 4.78 is 5.55. The summed E-state index contributed by atoms with van der Waals surface area (Å²) in [6.45, 7) is 3.94. The van der Waals surface area contributed by atoms with Gasteiger partial charge >= 0.3 is 0 Å². The zero-order valence-corrected chi connectivity index (χ0v) is 17.8. The average Bonchev–Trinajstić information content (AvgIpc) is 2.67. The van der Waals surface area contributed by atoms with Crippen molar-refractivity contribution in [2.75, 3.05) is 13.2 Å². The molecule has 0 bridgehead atoms. The molecule has 0 saturated carbocycles. The summed E-state index contributed by atoms with van der Waals surface area (Å²) in [5.74, 6) is -0.0694. The summed E-state index contributed by atoms with van der Waals surface area (Å²) in [4.78, 5) is 26.6. The molecule has 0 aliphatic heterocycles. The van der Waals surface area contributed by atoms with Gasteiger partial charge in [-0.3, -0.25) is 9.59 Å². The van der Waals surface area contributed by atoms with Gasteiger partial charge in [0.05, 0.1) is 10.0 Å². The number of amides is 2. The van der Waals surface area contributed by atoms with E-state index in [1.165, 1.54) is 4.90 Å². The molecule has 1 atom stereocenters. The Kier molecular flexibility index (Phi) is 8.42. The number of benzene rings is 2. The standard InChI is InChI=1S/C20H21Cl3N2O3/c1-3-24-20(27)13(2)25(11-14-4-9-17(22)18(23)10-14)19(26)12-28-16-7-5-15(21)6-8-16/h4-10,13H,3,11-12H2,1-2H3,(H,24,27)/t13-/m1/s1. The van der Waals surface area contributed by atoms with Gasteiger partial charge in [0.2, 0.25) is 5.91 Å². The van der Waals surface area contributed by atoms with Crippen LogP contribution in [0.15, 0.2) is 42.5 Å². The lowest BCUT2D eigenvalue weighted by atomic mass is 10.1. The predicted molar refractivity (Wildman–Crippen MR) is 112 cm³/mol. The van der Waals surface area contributed by atoms with E-state index < -0.39 is 6.04 Å². The number of carbonyl (C=O) groups is 2.